The van der Waals surface area contributed by atoms with Gasteiger partial charge in [0, 0.05) is 12.2 Å². The van der Waals surface area contributed by atoms with Crippen LogP contribution in [0.2, 0.25) is 0 Å². The van der Waals surface area contributed by atoms with Crippen molar-refractivity contribution in [2.75, 3.05) is 11.4 Å². The Labute approximate surface area is 119 Å². The van der Waals surface area contributed by atoms with Crippen LogP contribution in [0.25, 0.3) is 0 Å². The second kappa shape index (κ2) is 5.78. The monoisotopic (exact) mass is 269 g/mol. The number of hydrogen-bond acceptors (Lipinski definition) is 2. The van der Waals surface area contributed by atoms with Crippen molar-refractivity contribution in [2.24, 2.45) is 0 Å². The molecule has 0 saturated carbocycles. The van der Waals surface area contributed by atoms with Gasteiger partial charge < -0.3 is 10.0 Å². The van der Waals surface area contributed by atoms with E-state index in [0.29, 0.717) is 12.1 Å². The molecule has 0 aliphatic rings. The lowest BCUT2D eigenvalue weighted by molar-refractivity contribution is 0.0985. The van der Waals surface area contributed by atoms with Gasteiger partial charge in [0.15, 0.2) is 0 Å². The number of phenols is 1. The summed E-state index contributed by atoms with van der Waals surface area (Å²) in [6.07, 6.45) is 0. The molecule has 0 aliphatic heterocycles. The van der Waals surface area contributed by atoms with Crippen LogP contribution < -0.4 is 4.90 Å². The van der Waals surface area contributed by atoms with Gasteiger partial charge >= 0.3 is 0 Å². The predicted molar refractivity (Wildman–Crippen MR) is 81.4 cm³/mol. The van der Waals surface area contributed by atoms with Gasteiger partial charge in [-0.05, 0) is 50.1 Å². The zero-order valence-electron chi connectivity index (χ0n) is 12.1. The van der Waals surface area contributed by atoms with E-state index >= 15 is 0 Å². The van der Waals surface area contributed by atoms with Crippen LogP contribution >= 0.6 is 0 Å². The van der Waals surface area contributed by atoms with Gasteiger partial charge in [-0.1, -0.05) is 24.3 Å². The van der Waals surface area contributed by atoms with Gasteiger partial charge in [0.2, 0.25) is 0 Å². The van der Waals surface area contributed by atoms with Crippen molar-refractivity contribution in [1.82, 2.24) is 0 Å². The van der Waals surface area contributed by atoms with E-state index in [4.69, 9.17) is 0 Å². The number of rotatable bonds is 3. The summed E-state index contributed by atoms with van der Waals surface area (Å²) in [5, 5.41) is 9.97. The molecular formula is C17H19NO2. The predicted octanol–water partition coefficient (Wildman–Crippen LogP) is 3.68. The molecule has 2 aromatic carbocycles. The molecule has 0 fully saturated rings. The molecule has 20 heavy (non-hydrogen) atoms. The first-order chi connectivity index (χ1) is 9.54. The summed E-state index contributed by atoms with van der Waals surface area (Å²) in [6.45, 7) is 6.33. The van der Waals surface area contributed by atoms with Gasteiger partial charge in [-0.25, -0.2) is 0 Å². The number of aromatic hydroxyl groups is 1. The van der Waals surface area contributed by atoms with E-state index in [2.05, 4.69) is 0 Å². The third-order valence-corrected chi connectivity index (χ3v) is 3.35. The van der Waals surface area contributed by atoms with Gasteiger partial charge in [0.05, 0.1) is 5.56 Å². The average molecular weight is 269 g/mol. The number of amides is 1. The summed E-state index contributed by atoms with van der Waals surface area (Å²) in [5.41, 5.74) is 3.17. The third-order valence-electron chi connectivity index (χ3n) is 3.35. The van der Waals surface area contributed by atoms with Gasteiger partial charge in [-0.3, -0.25) is 4.79 Å². The van der Waals surface area contributed by atoms with Crippen LogP contribution in [-0.4, -0.2) is 17.6 Å². The number of para-hydroxylation sites is 1. The molecule has 0 unspecified atom stereocenters. The molecule has 1 N–H and O–H groups in total. The molecule has 0 bridgehead atoms. The number of phenolic OH excluding ortho intramolecular Hbond substituents is 1. The number of anilines is 1. The first kappa shape index (κ1) is 14.1. The van der Waals surface area contributed by atoms with E-state index in [1.807, 2.05) is 51.1 Å². The van der Waals surface area contributed by atoms with Crippen molar-refractivity contribution >= 4 is 11.6 Å². The Bertz CT molecular complexity index is 635. The van der Waals surface area contributed by atoms with Crippen molar-refractivity contribution in [2.45, 2.75) is 20.8 Å². The largest absolute Gasteiger partial charge is 0.507 e. The molecule has 3 heteroatoms. The Kier molecular flexibility index (Phi) is 4.08. The van der Waals surface area contributed by atoms with Crippen molar-refractivity contribution in [1.29, 1.82) is 0 Å². The number of aryl methyl sites for hydroxylation is 2. The van der Waals surface area contributed by atoms with Gasteiger partial charge in [-0.2, -0.15) is 0 Å². The second-order valence-corrected chi connectivity index (χ2v) is 4.86. The van der Waals surface area contributed by atoms with Crippen LogP contribution in [0.15, 0.2) is 42.5 Å². The minimum absolute atomic E-state index is 0.0297. The molecule has 0 aromatic heterocycles. The standard InChI is InChI=1S/C17H19NO2/c1-4-18(15-8-6-5-7-13(15)3)17(20)14-10-9-12(2)11-16(14)19/h5-11,19H,4H2,1-3H3. The lowest BCUT2D eigenvalue weighted by Gasteiger charge is -2.23. The highest BCUT2D eigenvalue weighted by Crippen LogP contribution is 2.25. The Morgan fingerprint density at radius 2 is 1.85 bits per heavy atom. The van der Waals surface area contributed by atoms with Crippen LogP contribution in [0, 0.1) is 13.8 Å². The number of hydrogen-bond donors (Lipinski definition) is 1. The van der Waals surface area contributed by atoms with E-state index in [1.165, 1.54) is 0 Å². The zero-order valence-corrected chi connectivity index (χ0v) is 12.1. The van der Waals surface area contributed by atoms with E-state index in [0.717, 1.165) is 16.8 Å². The highest BCUT2D eigenvalue weighted by molar-refractivity contribution is 6.08. The number of benzene rings is 2. The molecule has 1 amide bonds. The summed E-state index contributed by atoms with van der Waals surface area (Å²) >= 11 is 0. The SMILES string of the molecule is CCN(C(=O)c1ccc(C)cc1O)c1ccccc1C. The lowest BCUT2D eigenvalue weighted by Crippen LogP contribution is -2.31. The molecule has 104 valence electrons. The van der Waals surface area contributed by atoms with Gasteiger partial charge in [0.25, 0.3) is 5.91 Å². The van der Waals surface area contributed by atoms with E-state index in [-0.39, 0.29) is 11.7 Å². The average Bonchev–Trinajstić information content (AvgIpc) is 2.41. The minimum atomic E-state index is -0.181. The first-order valence-electron chi connectivity index (χ1n) is 6.71. The Balaban J connectivity index is 2.42. The smallest absolute Gasteiger partial charge is 0.262 e. The van der Waals surface area contributed by atoms with Crippen molar-refractivity contribution in [3.63, 3.8) is 0 Å². The van der Waals surface area contributed by atoms with Crippen molar-refractivity contribution in [3.8, 4) is 5.75 Å². The van der Waals surface area contributed by atoms with Gasteiger partial charge in [0.1, 0.15) is 5.75 Å². The van der Waals surface area contributed by atoms with E-state index < -0.39 is 0 Å². The normalized spacial score (nSPS) is 10.3. The Morgan fingerprint density at radius 1 is 1.15 bits per heavy atom. The second-order valence-electron chi connectivity index (χ2n) is 4.86. The van der Waals surface area contributed by atoms with Crippen LogP contribution in [0.5, 0.6) is 5.75 Å². The molecule has 0 atom stereocenters. The highest BCUT2D eigenvalue weighted by atomic mass is 16.3. The summed E-state index contributed by atoms with van der Waals surface area (Å²) in [4.78, 5) is 14.3. The lowest BCUT2D eigenvalue weighted by atomic mass is 10.1. The zero-order chi connectivity index (χ0) is 14.7. The molecule has 0 radical (unpaired) electrons. The summed E-state index contributed by atoms with van der Waals surface area (Å²) in [6, 6.07) is 12.9. The molecule has 2 rings (SSSR count). The van der Waals surface area contributed by atoms with Crippen molar-refractivity contribution in [3.05, 3.63) is 59.2 Å². The van der Waals surface area contributed by atoms with Crippen LogP contribution in [0.3, 0.4) is 0 Å². The maximum atomic E-state index is 12.6. The molecule has 2 aromatic rings. The molecule has 0 aliphatic carbocycles. The molecular weight excluding hydrogens is 250 g/mol. The summed E-state index contributed by atoms with van der Waals surface area (Å²) in [7, 11) is 0. The number of nitrogens with zero attached hydrogens (tertiary/aromatic N) is 1. The van der Waals surface area contributed by atoms with Crippen molar-refractivity contribution < 1.29 is 9.90 Å². The van der Waals surface area contributed by atoms with E-state index in [9.17, 15) is 9.90 Å². The number of carbonyl (C=O) groups is 1. The quantitative estimate of drug-likeness (QED) is 0.923. The fourth-order valence-electron chi connectivity index (χ4n) is 2.26. The maximum absolute atomic E-state index is 12.6. The van der Waals surface area contributed by atoms with Crippen LogP contribution in [0.1, 0.15) is 28.4 Å². The highest BCUT2D eigenvalue weighted by Gasteiger charge is 2.20. The number of carbonyl (C=O) groups excluding carboxylic acids is 1. The minimum Gasteiger partial charge on any atom is -0.507 e. The van der Waals surface area contributed by atoms with Crippen LogP contribution in [0.4, 0.5) is 5.69 Å². The van der Waals surface area contributed by atoms with Crippen LogP contribution in [-0.2, 0) is 0 Å². The molecule has 3 nitrogen and oxygen atoms in total. The molecule has 0 heterocycles. The Hall–Kier alpha value is -2.29. The van der Waals surface area contributed by atoms with E-state index in [1.54, 1.807) is 17.0 Å². The topological polar surface area (TPSA) is 40.5 Å². The Morgan fingerprint density at radius 3 is 2.45 bits per heavy atom. The fraction of sp³-hybridized carbons (Fsp3) is 0.235. The fourth-order valence-corrected chi connectivity index (χ4v) is 2.26. The summed E-state index contributed by atoms with van der Waals surface area (Å²) in [5.74, 6) is -0.152. The van der Waals surface area contributed by atoms with Gasteiger partial charge in [-0.15, -0.1) is 0 Å². The molecule has 0 spiro atoms. The maximum Gasteiger partial charge on any atom is 0.262 e. The molecule has 0 saturated heterocycles. The third kappa shape index (κ3) is 2.67. The summed E-state index contributed by atoms with van der Waals surface area (Å²) < 4.78 is 0. The first-order valence-corrected chi connectivity index (χ1v) is 6.71.